The number of hydrogen-bond donors (Lipinski definition) is 6. The minimum atomic E-state index is -0.503. The summed E-state index contributed by atoms with van der Waals surface area (Å²) < 4.78 is 29.2. The van der Waals surface area contributed by atoms with Crippen LogP contribution < -0.4 is 47.3 Å². The average Bonchev–Trinajstić information content (AvgIpc) is 1.57. The second-order valence-corrected chi connectivity index (χ2v) is 40.4. The van der Waals surface area contributed by atoms with Gasteiger partial charge in [0.25, 0.3) is 16.7 Å². The largest absolute Gasteiger partial charge is 0.489 e. The van der Waals surface area contributed by atoms with E-state index in [-0.39, 0.29) is 59.3 Å². The highest BCUT2D eigenvalue weighted by Crippen LogP contribution is 2.43. The minimum Gasteiger partial charge on any atom is -0.444 e. The standard InChI is InChI=1S/C32H45N5O3.C32H43N5O3.C29H38BrN5O3.C9H17BO2/c2*1-9-37(24-11-14-36(15-12-24)31(39)40-32(6,7)8)28-18-23(20(2)3)17-26-25(28)10-13-33-29(26)34-19-27-21(4)16-22(5)35-30(27)38;1-7-35(21-9-12-34(13-10-21)28(37)38-29(4,5)6)25-16-20(30)15-23-22(25)8-11-31-26(23)32-17-24-18(2)14-19(3)33-27(24)36;1-7(2)10-11-8(3,4)9(5,6)12-10/h10,13,16-18,20,24H,9,11-12,14-15,19H2,1-8H3,(H,33,34)(H,35,38);10,13,16-18,24H,2,9,11-12,14-15,19H2,1,3-8H3,(H,33,34)(H,35,38);8,11,14-16,21H,7,9-10,12-13,17H2,1-6H3,(H,31,32)(H,33,36);1H2,2-6H3. The highest BCUT2D eigenvalue weighted by molar-refractivity contribution is 9.10. The molecule has 3 aromatic carbocycles. The number of aromatic nitrogens is 6. The molecular formula is C102H143BBrN15O11. The lowest BCUT2D eigenvalue weighted by molar-refractivity contribution is 0.00578. The van der Waals surface area contributed by atoms with E-state index in [1.807, 2.05) is 203 Å². The van der Waals surface area contributed by atoms with Crippen LogP contribution in [0.3, 0.4) is 0 Å². The molecule has 13 rings (SSSR count). The summed E-state index contributed by atoms with van der Waals surface area (Å²) in [7, 11) is -0.241. The molecule has 6 aromatic heterocycles. The van der Waals surface area contributed by atoms with Crippen molar-refractivity contribution in [3.8, 4) is 0 Å². The van der Waals surface area contributed by atoms with Crippen molar-refractivity contribution in [1.82, 2.24) is 44.6 Å². The SMILES string of the molecule is C=C(C)B1OC(C)(C)C(C)(C)O1.C=C(C)c1cc(N(CC)C2CCN(C(=O)OC(C)(C)C)CC2)c2ccnc(NCc3c(C)cc(C)[nH]c3=O)c2c1.CCN(c1cc(Br)cc2c(NCc3c(C)cc(C)[nH]c3=O)nccc12)C1CCN(C(=O)OC(C)(C)C)CC1.CCN(c1cc(C(C)C)cc2c(NCc3c(C)cc(C)[nH]c3=O)nccc12)C1CCN(C(=O)OC(C)(C)C)CC1. The number of aryl methyl sites for hydroxylation is 6. The third kappa shape index (κ3) is 25.7. The van der Waals surface area contributed by atoms with Gasteiger partial charge in [-0.3, -0.25) is 14.4 Å². The number of nitrogens with zero attached hydrogens (tertiary/aromatic N) is 9. The van der Waals surface area contributed by atoms with Gasteiger partial charge in [0.2, 0.25) is 0 Å². The highest BCUT2D eigenvalue weighted by atomic mass is 79.9. The predicted molar refractivity (Wildman–Crippen MR) is 536 cm³/mol. The van der Waals surface area contributed by atoms with Gasteiger partial charge >= 0.3 is 25.4 Å². The van der Waals surface area contributed by atoms with Gasteiger partial charge in [-0.25, -0.2) is 29.3 Å². The monoisotopic (exact) mass is 1840 g/mol. The molecule has 10 heterocycles. The van der Waals surface area contributed by atoms with E-state index >= 15 is 0 Å². The van der Waals surface area contributed by atoms with E-state index in [0.29, 0.717) is 88.0 Å². The molecule has 6 N–H and O–H groups in total. The Balaban J connectivity index is 0.000000190. The molecule has 4 aliphatic rings. The lowest BCUT2D eigenvalue weighted by Gasteiger charge is -2.40. The number of ether oxygens (including phenoxy) is 3. The molecular weight excluding hydrogens is 1700 g/mol. The van der Waals surface area contributed by atoms with Crippen LogP contribution in [-0.4, -0.2) is 175 Å². The van der Waals surface area contributed by atoms with Crippen LogP contribution in [0.2, 0.25) is 0 Å². The molecule has 26 nitrogen and oxygen atoms in total. The first-order chi connectivity index (χ1) is 61.0. The number of benzene rings is 3. The molecule has 4 saturated heterocycles. The number of nitrogens with one attached hydrogen (secondary N) is 6. The van der Waals surface area contributed by atoms with Crippen LogP contribution in [0.4, 0.5) is 48.9 Å². The Morgan fingerprint density at radius 1 is 0.485 bits per heavy atom. The van der Waals surface area contributed by atoms with Crippen molar-refractivity contribution in [2.24, 2.45) is 0 Å². The first-order valence-corrected chi connectivity index (χ1v) is 46.9. The van der Waals surface area contributed by atoms with Gasteiger partial charge in [-0.05, 0) is 311 Å². The summed E-state index contributed by atoms with van der Waals surface area (Å²) >= 11 is 3.72. The van der Waals surface area contributed by atoms with Crippen molar-refractivity contribution in [3.05, 3.63) is 207 Å². The predicted octanol–water partition coefficient (Wildman–Crippen LogP) is 21.2. The maximum Gasteiger partial charge on any atom is 0.489 e. The maximum absolute atomic E-state index is 12.6. The van der Waals surface area contributed by atoms with Crippen LogP contribution >= 0.6 is 15.9 Å². The van der Waals surface area contributed by atoms with Gasteiger partial charge in [0, 0.05) is 203 Å². The van der Waals surface area contributed by atoms with E-state index in [1.54, 1.807) is 0 Å². The lowest BCUT2D eigenvalue weighted by Crippen LogP contribution is -2.48. The average molecular weight is 1850 g/mol. The smallest absolute Gasteiger partial charge is 0.444 e. The number of hydrogen-bond acceptors (Lipinski definition) is 20. The van der Waals surface area contributed by atoms with Gasteiger partial charge in [0.05, 0.1) is 11.2 Å². The number of likely N-dealkylation sites (tertiary alicyclic amines) is 3. The van der Waals surface area contributed by atoms with Crippen molar-refractivity contribution in [3.63, 3.8) is 0 Å². The van der Waals surface area contributed by atoms with Gasteiger partial charge in [-0.15, -0.1) is 6.58 Å². The van der Waals surface area contributed by atoms with Crippen LogP contribution in [0.25, 0.3) is 37.9 Å². The molecule has 0 atom stereocenters. The number of amides is 3. The summed E-state index contributed by atoms with van der Waals surface area (Å²) in [5.74, 6) is 2.58. The topological polar surface area (TPSA) is 290 Å². The number of fused-ring (bicyclic) bond motifs is 3. The van der Waals surface area contributed by atoms with E-state index in [2.05, 4.69) is 168 Å². The van der Waals surface area contributed by atoms with Gasteiger partial charge in [-0.2, -0.15) is 0 Å². The molecule has 3 amide bonds. The zero-order chi connectivity index (χ0) is 95.6. The summed E-state index contributed by atoms with van der Waals surface area (Å²) in [6.07, 6.45) is 9.98. The molecule has 0 saturated carbocycles. The minimum absolute atomic E-state index is 0.0660. The molecule has 0 spiro atoms. The number of carbonyl (C=O) groups is 3. The summed E-state index contributed by atoms with van der Waals surface area (Å²) in [5, 5.41) is 16.6. The van der Waals surface area contributed by atoms with Crippen molar-refractivity contribution >= 4 is 114 Å². The molecule has 9 aromatic rings. The zero-order valence-corrected chi connectivity index (χ0v) is 83.7. The Hall–Kier alpha value is -10.7. The van der Waals surface area contributed by atoms with Crippen molar-refractivity contribution in [2.45, 2.75) is 290 Å². The molecule has 4 fully saturated rings. The van der Waals surface area contributed by atoms with Gasteiger partial charge in [0.15, 0.2) is 0 Å². The van der Waals surface area contributed by atoms with E-state index in [0.717, 1.165) is 180 Å². The van der Waals surface area contributed by atoms with Crippen molar-refractivity contribution < 1.29 is 37.9 Å². The molecule has 0 aliphatic carbocycles. The first kappa shape index (κ1) is 101. The maximum atomic E-state index is 12.6. The quantitative estimate of drug-likeness (QED) is 0.0288. The van der Waals surface area contributed by atoms with Crippen LogP contribution in [0.1, 0.15) is 245 Å². The van der Waals surface area contributed by atoms with Crippen LogP contribution in [0, 0.1) is 41.5 Å². The number of piperidine rings is 3. The number of carbonyl (C=O) groups excluding carboxylic acids is 3. The summed E-state index contributed by atoms with van der Waals surface area (Å²) in [6.45, 7) is 67.4. The number of aromatic amines is 3. The molecule has 130 heavy (non-hydrogen) atoms. The van der Waals surface area contributed by atoms with E-state index in [9.17, 15) is 28.8 Å². The van der Waals surface area contributed by atoms with Crippen molar-refractivity contribution in [1.29, 1.82) is 0 Å². The number of allylic oxidation sites excluding steroid dienone is 2. The van der Waals surface area contributed by atoms with Crippen LogP contribution in [0.15, 0.2) is 129 Å². The normalized spacial score (nSPS) is 15.5. The third-order valence-electron chi connectivity index (χ3n) is 24.8. The summed E-state index contributed by atoms with van der Waals surface area (Å²) in [5.41, 5.74) is 13.0. The molecule has 0 unspecified atom stereocenters. The van der Waals surface area contributed by atoms with E-state index < -0.39 is 16.8 Å². The fourth-order valence-corrected chi connectivity index (χ4v) is 17.7. The van der Waals surface area contributed by atoms with Gasteiger partial charge in [0.1, 0.15) is 34.3 Å². The summed E-state index contributed by atoms with van der Waals surface area (Å²) in [4.78, 5) is 111. The Morgan fingerprint density at radius 3 is 1.06 bits per heavy atom. The number of rotatable bonds is 21. The molecule has 0 bridgehead atoms. The number of H-pyrrole nitrogens is 3. The summed E-state index contributed by atoms with van der Waals surface area (Å²) in [6, 6.07) is 26.2. The zero-order valence-electron chi connectivity index (χ0n) is 82.1. The fraction of sp³-hybridized carbons (Fsp3) is 0.520. The molecule has 702 valence electrons. The number of anilines is 6. The Labute approximate surface area is 778 Å². The number of halogens is 1. The van der Waals surface area contributed by atoms with Crippen LogP contribution in [0.5, 0.6) is 0 Å². The van der Waals surface area contributed by atoms with Crippen LogP contribution in [-0.2, 0) is 43.2 Å². The van der Waals surface area contributed by atoms with E-state index in [4.69, 9.17) is 28.5 Å². The second kappa shape index (κ2) is 42.7. The Kier molecular flexibility index (Phi) is 33.3. The highest BCUT2D eigenvalue weighted by Gasteiger charge is 2.51. The molecule has 4 aliphatic heterocycles. The Bertz CT molecular complexity index is 5720. The number of pyridine rings is 6. The second-order valence-electron chi connectivity index (χ2n) is 39.4. The Morgan fingerprint density at radius 2 is 0.785 bits per heavy atom. The third-order valence-corrected chi connectivity index (χ3v) is 25.2. The molecule has 0 radical (unpaired) electrons. The fourth-order valence-electron chi connectivity index (χ4n) is 17.3. The van der Waals surface area contributed by atoms with Gasteiger partial charge in [-0.1, -0.05) is 47.4 Å². The molecule has 28 heteroatoms. The van der Waals surface area contributed by atoms with Crippen molar-refractivity contribution in [2.75, 3.05) is 89.6 Å². The van der Waals surface area contributed by atoms with E-state index in [1.165, 1.54) is 11.3 Å². The van der Waals surface area contributed by atoms with Gasteiger partial charge < -0.3 is 83.8 Å². The first-order valence-electron chi connectivity index (χ1n) is 46.1. The lowest BCUT2D eigenvalue weighted by atomic mass is 9.81.